The molecule has 0 aliphatic rings. The van der Waals surface area contributed by atoms with E-state index in [0.29, 0.717) is 17.1 Å². The highest BCUT2D eigenvalue weighted by atomic mass is 35.5. The molecule has 0 saturated carbocycles. The molecule has 4 heteroatoms. The fourth-order valence-electron chi connectivity index (χ4n) is 1.14. The third-order valence-electron chi connectivity index (χ3n) is 1.96. The molecular formula is C9H11ClFNO. The summed E-state index contributed by atoms with van der Waals surface area (Å²) in [7, 11) is 0. The smallest absolute Gasteiger partial charge is 0.165 e. The molecule has 72 valence electrons. The molecule has 0 fully saturated rings. The molecule has 13 heavy (non-hydrogen) atoms. The number of hydrogen-bond donors (Lipinski definition) is 2. The topological polar surface area (TPSA) is 46.2 Å². The Morgan fingerprint density at radius 1 is 1.62 bits per heavy atom. The normalized spacial score (nSPS) is 12.9. The molecule has 0 bridgehead atoms. The molecule has 0 spiro atoms. The highest BCUT2D eigenvalue weighted by molar-refractivity contribution is 6.31. The second kappa shape index (κ2) is 3.94. The van der Waals surface area contributed by atoms with Gasteiger partial charge in [0.2, 0.25) is 0 Å². The molecule has 0 aliphatic carbocycles. The molecule has 0 aromatic heterocycles. The molecule has 1 atom stereocenters. The first-order chi connectivity index (χ1) is 6.07. The Hall–Kier alpha value is -0.800. The number of benzene rings is 1. The average Bonchev–Trinajstić information content (AvgIpc) is 2.12. The average molecular weight is 204 g/mol. The van der Waals surface area contributed by atoms with Crippen molar-refractivity contribution in [2.24, 2.45) is 5.73 Å². The monoisotopic (exact) mass is 203 g/mol. The van der Waals surface area contributed by atoms with Crippen LogP contribution in [0.2, 0.25) is 5.02 Å². The van der Waals surface area contributed by atoms with Gasteiger partial charge in [0.1, 0.15) is 0 Å². The van der Waals surface area contributed by atoms with Gasteiger partial charge in [0, 0.05) is 10.6 Å². The quantitative estimate of drug-likeness (QED) is 0.775. The summed E-state index contributed by atoms with van der Waals surface area (Å²) in [6.45, 7) is 2.09. The molecule has 1 aromatic carbocycles. The number of hydrogen-bond acceptors (Lipinski definition) is 2. The minimum atomic E-state index is -0.667. The van der Waals surface area contributed by atoms with Gasteiger partial charge < -0.3 is 10.8 Å². The van der Waals surface area contributed by atoms with Crippen molar-refractivity contribution < 1.29 is 9.50 Å². The number of nitrogens with two attached hydrogens (primary N) is 1. The lowest BCUT2D eigenvalue weighted by Crippen LogP contribution is -2.10. The first-order valence-corrected chi connectivity index (χ1v) is 4.32. The second-order valence-electron chi connectivity index (χ2n) is 2.93. The van der Waals surface area contributed by atoms with Crippen LogP contribution in [0.3, 0.4) is 0 Å². The first kappa shape index (κ1) is 10.3. The highest BCUT2D eigenvalue weighted by Gasteiger charge is 2.16. The molecule has 1 unspecified atom stereocenters. The van der Waals surface area contributed by atoms with Crippen LogP contribution in [-0.4, -0.2) is 11.7 Å². The van der Waals surface area contributed by atoms with E-state index in [-0.39, 0.29) is 5.92 Å². The Labute approximate surface area is 81.1 Å². The van der Waals surface area contributed by atoms with Crippen molar-refractivity contribution in [1.82, 2.24) is 0 Å². The highest BCUT2D eigenvalue weighted by Crippen LogP contribution is 2.33. The van der Waals surface area contributed by atoms with Gasteiger partial charge in [-0.15, -0.1) is 0 Å². The van der Waals surface area contributed by atoms with E-state index in [9.17, 15) is 9.50 Å². The Bertz CT molecular complexity index is 317. The third kappa shape index (κ3) is 1.92. The van der Waals surface area contributed by atoms with Crippen LogP contribution < -0.4 is 5.73 Å². The minimum Gasteiger partial charge on any atom is -0.505 e. The van der Waals surface area contributed by atoms with Crippen LogP contribution in [0, 0.1) is 5.82 Å². The number of phenols is 1. The van der Waals surface area contributed by atoms with Crippen LogP contribution in [-0.2, 0) is 0 Å². The summed E-state index contributed by atoms with van der Waals surface area (Å²) < 4.78 is 12.9. The maximum atomic E-state index is 12.9. The van der Waals surface area contributed by atoms with Gasteiger partial charge in [-0.25, -0.2) is 4.39 Å². The van der Waals surface area contributed by atoms with E-state index in [0.717, 1.165) is 6.07 Å². The lowest BCUT2D eigenvalue weighted by molar-refractivity contribution is 0.422. The van der Waals surface area contributed by atoms with Crippen molar-refractivity contribution in [2.75, 3.05) is 6.54 Å². The van der Waals surface area contributed by atoms with Crippen molar-refractivity contribution in [3.8, 4) is 5.75 Å². The number of aromatic hydroxyl groups is 1. The van der Waals surface area contributed by atoms with Crippen LogP contribution in [0.1, 0.15) is 18.4 Å². The predicted molar refractivity (Wildman–Crippen MR) is 50.5 cm³/mol. The Kier molecular flexibility index (Phi) is 3.12. The van der Waals surface area contributed by atoms with E-state index < -0.39 is 11.6 Å². The maximum absolute atomic E-state index is 12.9. The van der Waals surface area contributed by atoms with Crippen molar-refractivity contribution >= 4 is 11.6 Å². The summed E-state index contributed by atoms with van der Waals surface area (Å²) in [6, 6.07) is 2.54. The lowest BCUT2D eigenvalue weighted by Gasteiger charge is -2.13. The molecular weight excluding hydrogens is 193 g/mol. The van der Waals surface area contributed by atoms with Crippen LogP contribution >= 0.6 is 11.6 Å². The molecule has 3 N–H and O–H groups in total. The summed E-state index contributed by atoms with van der Waals surface area (Å²) in [5, 5.41) is 9.71. The molecule has 0 radical (unpaired) electrons. The van der Waals surface area contributed by atoms with E-state index in [1.54, 1.807) is 6.92 Å². The van der Waals surface area contributed by atoms with Gasteiger partial charge in [-0.1, -0.05) is 18.5 Å². The van der Waals surface area contributed by atoms with Gasteiger partial charge >= 0.3 is 0 Å². The Morgan fingerprint density at radius 3 is 2.77 bits per heavy atom. The van der Waals surface area contributed by atoms with E-state index in [2.05, 4.69) is 0 Å². The second-order valence-corrected chi connectivity index (χ2v) is 3.34. The van der Waals surface area contributed by atoms with E-state index >= 15 is 0 Å². The van der Waals surface area contributed by atoms with Crippen molar-refractivity contribution in [1.29, 1.82) is 0 Å². The Morgan fingerprint density at radius 2 is 2.23 bits per heavy atom. The lowest BCUT2D eigenvalue weighted by atomic mass is 10.00. The van der Waals surface area contributed by atoms with E-state index in [1.165, 1.54) is 6.07 Å². The van der Waals surface area contributed by atoms with Gasteiger partial charge in [-0.05, 0) is 24.6 Å². The number of rotatable bonds is 2. The summed E-state index contributed by atoms with van der Waals surface area (Å²) in [5.41, 5.74) is 5.78. The van der Waals surface area contributed by atoms with E-state index in [4.69, 9.17) is 17.3 Å². The van der Waals surface area contributed by atoms with Gasteiger partial charge in [0.05, 0.1) is 0 Å². The summed E-state index contributed by atoms with van der Waals surface area (Å²) in [4.78, 5) is 0. The third-order valence-corrected chi connectivity index (χ3v) is 2.29. The van der Waals surface area contributed by atoms with Gasteiger partial charge in [0.25, 0.3) is 0 Å². The summed E-state index contributed by atoms with van der Waals surface area (Å²) in [6.07, 6.45) is 0. The fourth-order valence-corrected chi connectivity index (χ4v) is 1.48. The molecule has 0 amide bonds. The summed E-state index contributed by atoms with van der Waals surface area (Å²) in [5.74, 6) is -1.21. The van der Waals surface area contributed by atoms with Gasteiger partial charge in [-0.3, -0.25) is 0 Å². The Balaban J connectivity index is 3.25. The molecule has 2 nitrogen and oxygen atoms in total. The van der Waals surface area contributed by atoms with Crippen molar-refractivity contribution in [3.63, 3.8) is 0 Å². The maximum Gasteiger partial charge on any atom is 0.165 e. The van der Waals surface area contributed by atoms with Crippen LogP contribution in [0.5, 0.6) is 5.75 Å². The number of phenolic OH excluding ortho intramolecular Hbond substituents is 1. The molecule has 0 aliphatic heterocycles. The van der Waals surface area contributed by atoms with Crippen LogP contribution in [0.15, 0.2) is 12.1 Å². The molecule has 1 aromatic rings. The number of halogens is 2. The van der Waals surface area contributed by atoms with E-state index in [1.807, 2.05) is 0 Å². The molecule has 1 rings (SSSR count). The minimum absolute atomic E-state index is 0.150. The molecule has 0 heterocycles. The van der Waals surface area contributed by atoms with Crippen LogP contribution in [0.25, 0.3) is 0 Å². The zero-order valence-electron chi connectivity index (χ0n) is 7.22. The largest absolute Gasteiger partial charge is 0.505 e. The molecule has 0 saturated heterocycles. The SMILES string of the molecule is CC(CN)c1c(Cl)ccc(F)c1O. The van der Waals surface area contributed by atoms with Crippen LogP contribution in [0.4, 0.5) is 4.39 Å². The zero-order chi connectivity index (χ0) is 10.0. The zero-order valence-corrected chi connectivity index (χ0v) is 7.98. The first-order valence-electron chi connectivity index (χ1n) is 3.94. The predicted octanol–water partition coefficient (Wildman–Crippen LogP) is 2.25. The summed E-state index contributed by atoms with van der Waals surface area (Å²) >= 11 is 5.79. The van der Waals surface area contributed by atoms with Gasteiger partial charge in [0.15, 0.2) is 11.6 Å². The van der Waals surface area contributed by atoms with Crippen molar-refractivity contribution in [3.05, 3.63) is 28.5 Å². The van der Waals surface area contributed by atoms with Crippen molar-refractivity contribution in [2.45, 2.75) is 12.8 Å². The van der Waals surface area contributed by atoms with Gasteiger partial charge in [-0.2, -0.15) is 0 Å². The standard InChI is InChI=1S/C9H11ClFNO/c1-5(4-12)8-6(10)2-3-7(11)9(8)13/h2-3,5,13H,4,12H2,1H3. The fraction of sp³-hybridized carbons (Fsp3) is 0.333.